The van der Waals surface area contributed by atoms with Gasteiger partial charge in [0.2, 0.25) is 0 Å². The number of benzene rings is 1. The molecule has 0 aliphatic carbocycles. The number of rotatable bonds is 4. The van der Waals surface area contributed by atoms with E-state index < -0.39 is 11.8 Å². The van der Waals surface area contributed by atoms with Crippen molar-refractivity contribution in [3.8, 4) is 5.75 Å². The summed E-state index contributed by atoms with van der Waals surface area (Å²) in [6.07, 6.45) is 5.79. The molecule has 1 aliphatic heterocycles. The van der Waals surface area contributed by atoms with E-state index in [1.54, 1.807) is 18.7 Å². The van der Waals surface area contributed by atoms with Crippen molar-refractivity contribution in [3.05, 3.63) is 48.5 Å². The van der Waals surface area contributed by atoms with Crippen LogP contribution in [0.1, 0.15) is 24.9 Å². The predicted molar refractivity (Wildman–Crippen MR) is 88.5 cm³/mol. The van der Waals surface area contributed by atoms with E-state index in [0.29, 0.717) is 18.7 Å². The topological polar surface area (TPSA) is 47.4 Å². The molecule has 2 unspecified atom stereocenters. The molecule has 134 valence electrons. The van der Waals surface area contributed by atoms with Gasteiger partial charge in [-0.1, -0.05) is 6.92 Å². The van der Waals surface area contributed by atoms with Gasteiger partial charge in [-0.05, 0) is 36.6 Å². The third-order valence-corrected chi connectivity index (χ3v) is 4.83. The number of carbonyl (C=O) groups excluding carboxylic acids is 1. The van der Waals surface area contributed by atoms with Gasteiger partial charge in [0.05, 0.1) is 19.5 Å². The monoisotopic (exact) mass is 349 g/mol. The van der Waals surface area contributed by atoms with Crippen molar-refractivity contribution in [2.24, 2.45) is 5.92 Å². The highest BCUT2D eigenvalue weighted by molar-refractivity contribution is 5.85. The second kappa shape index (κ2) is 6.82. The van der Waals surface area contributed by atoms with Crippen LogP contribution in [0, 0.1) is 5.92 Å². The van der Waals surface area contributed by atoms with Crippen LogP contribution in [0.4, 0.5) is 8.78 Å². The quantitative estimate of drug-likeness (QED) is 0.852. The molecule has 1 saturated heterocycles. The zero-order chi connectivity index (χ0) is 18.0. The van der Waals surface area contributed by atoms with Gasteiger partial charge in [-0.2, -0.15) is 8.78 Å². The van der Waals surface area contributed by atoms with Crippen molar-refractivity contribution < 1.29 is 18.3 Å². The Morgan fingerprint density at radius 3 is 2.64 bits per heavy atom. The minimum absolute atomic E-state index is 0.0492. The molecular formula is C18H21F2N3O2. The number of halogens is 2. The summed E-state index contributed by atoms with van der Waals surface area (Å²) in [6.45, 7) is 2.65. The van der Waals surface area contributed by atoms with Crippen molar-refractivity contribution in [2.75, 3.05) is 20.2 Å². The summed E-state index contributed by atoms with van der Waals surface area (Å²) >= 11 is 0. The molecule has 1 aromatic carbocycles. The normalized spacial score (nSPS) is 21.2. The van der Waals surface area contributed by atoms with E-state index in [-0.39, 0.29) is 24.1 Å². The standard InChI is InChI=1S/C18H21F2N3O2/c1-13-7-9-22(11-16(13)23-10-8-21-12-23)17(24)18(19,20)14-3-5-15(25-2)6-4-14/h3-6,8,10,12-13,16H,7,9,11H2,1-2H3. The number of piperidine rings is 1. The van der Waals surface area contributed by atoms with E-state index in [0.717, 1.165) is 0 Å². The molecule has 7 heteroatoms. The van der Waals surface area contributed by atoms with Gasteiger partial charge < -0.3 is 14.2 Å². The molecule has 1 aromatic heterocycles. The molecule has 0 radical (unpaired) electrons. The molecule has 1 fully saturated rings. The van der Waals surface area contributed by atoms with Gasteiger partial charge in [0.15, 0.2) is 0 Å². The lowest BCUT2D eigenvalue weighted by molar-refractivity contribution is -0.161. The van der Waals surface area contributed by atoms with Crippen molar-refractivity contribution in [3.63, 3.8) is 0 Å². The number of carbonyl (C=O) groups is 1. The van der Waals surface area contributed by atoms with Crippen molar-refractivity contribution in [1.29, 1.82) is 0 Å². The fraction of sp³-hybridized carbons (Fsp3) is 0.444. The lowest BCUT2D eigenvalue weighted by Crippen LogP contribution is -2.49. The van der Waals surface area contributed by atoms with E-state index in [1.165, 1.54) is 36.3 Å². The number of hydrogen-bond donors (Lipinski definition) is 0. The lowest BCUT2D eigenvalue weighted by Gasteiger charge is -2.39. The van der Waals surface area contributed by atoms with Crippen LogP contribution in [0.3, 0.4) is 0 Å². The average molecular weight is 349 g/mol. The average Bonchev–Trinajstić information content (AvgIpc) is 3.16. The van der Waals surface area contributed by atoms with E-state index in [4.69, 9.17) is 4.74 Å². The van der Waals surface area contributed by atoms with Gasteiger partial charge in [0.1, 0.15) is 5.75 Å². The molecule has 5 nitrogen and oxygen atoms in total. The van der Waals surface area contributed by atoms with Gasteiger partial charge in [-0.3, -0.25) is 4.79 Å². The summed E-state index contributed by atoms with van der Waals surface area (Å²) in [5.74, 6) is -3.96. The number of methoxy groups -OCH3 is 1. The highest BCUT2D eigenvalue weighted by Crippen LogP contribution is 2.35. The fourth-order valence-corrected chi connectivity index (χ4v) is 3.21. The minimum atomic E-state index is -3.56. The Morgan fingerprint density at radius 2 is 2.04 bits per heavy atom. The fourth-order valence-electron chi connectivity index (χ4n) is 3.21. The molecule has 1 aliphatic rings. The van der Waals surface area contributed by atoms with Crippen LogP contribution < -0.4 is 4.74 Å². The maximum atomic E-state index is 14.7. The number of likely N-dealkylation sites (tertiary alicyclic amines) is 1. The summed E-state index contributed by atoms with van der Waals surface area (Å²) < 4.78 is 36.2. The lowest BCUT2D eigenvalue weighted by atomic mass is 9.92. The summed E-state index contributed by atoms with van der Waals surface area (Å²) in [7, 11) is 1.46. The van der Waals surface area contributed by atoms with E-state index in [9.17, 15) is 13.6 Å². The van der Waals surface area contributed by atoms with E-state index in [2.05, 4.69) is 11.9 Å². The zero-order valence-corrected chi connectivity index (χ0v) is 14.2. The van der Waals surface area contributed by atoms with Crippen LogP contribution in [0.5, 0.6) is 5.75 Å². The SMILES string of the molecule is COc1ccc(C(F)(F)C(=O)N2CCC(C)C(n3ccnc3)C2)cc1. The number of aromatic nitrogens is 2. The molecule has 2 atom stereocenters. The van der Waals surface area contributed by atoms with E-state index in [1.807, 2.05) is 4.57 Å². The van der Waals surface area contributed by atoms with Gasteiger partial charge in [-0.25, -0.2) is 4.98 Å². The molecule has 2 aromatic rings. The third kappa shape index (κ3) is 3.36. The highest BCUT2D eigenvalue weighted by Gasteiger charge is 2.45. The van der Waals surface area contributed by atoms with Crippen LogP contribution in [-0.2, 0) is 10.7 Å². The molecular weight excluding hydrogens is 328 g/mol. The highest BCUT2D eigenvalue weighted by atomic mass is 19.3. The molecule has 25 heavy (non-hydrogen) atoms. The first-order valence-electron chi connectivity index (χ1n) is 8.22. The second-order valence-corrected chi connectivity index (χ2v) is 6.40. The van der Waals surface area contributed by atoms with E-state index >= 15 is 0 Å². The molecule has 0 saturated carbocycles. The molecule has 3 rings (SSSR count). The van der Waals surface area contributed by atoms with Crippen molar-refractivity contribution in [2.45, 2.75) is 25.3 Å². The van der Waals surface area contributed by atoms with Crippen LogP contribution in [0.2, 0.25) is 0 Å². The Balaban J connectivity index is 1.78. The minimum Gasteiger partial charge on any atom is -0.497 e. The second-order valence-electron chi connectivity index (χ2n) is 6.40. The Bertz CT molecular complexity index is 716. The van der Waals surface area contributed by atoms with Crippen LogP contribution in [-0.4, -0.2) is 40.6 Å². The van der Waals surface area contributed by atoms with Crippen LogP contribution in [0.25, 0.3) is 0 Å². The number of imidazole rings is 1. The molecule has 0 bridgehead atoms. The molecule has 0 spiro atoms. The summed E-state index contributed by atoms with van der Waals surface area (Å²) in [5.41, 5.74) is -0.323. The van der Waals surface area contributed by atoms with Crippen molar-refractivity contribution in [1.82, 2.24) is 14.5 Å². The first kappa shape index (κ1) is 17.4. The summed E-state index contributed by atoms with van der Waals surface area (Å²) in [6, 6.07) is 5.28. The Kier molecular flexibility index (Phi) is 4.74. The molecule has 1 amide bonds. The smallest absolute Gasteiger partial charge is 0.349 e. The van der Waals surface area contributed by atoms with Crippen LogP contribution in [0.15, 0.2) is 43.0 Å². The number of amides is 1. The zero-order valence-electron chi connectivity index (χ0n) is 14.2. The van der Waals surface area contributed by atoms with Crippen LogP contribution >= 0.6 is 0 Å². The number of ether oxygens (including phenoxy) is 1. The van der Waals surface area contributed by atoms with Gasteiger partial charge >= 0.3 is 5.92 Å². The maximum Gasteiger partial charge on any atom is 0.349 e. The van der Waals surface area contributed by atoms with Gasteiger partial charge in [0.25, 0.3) is 5.91 Å². The molecule has 0 N–H and O–H groups in total. The maximum absolute atomic E-state index is 14.7. The Labute approximate surface area is 145 Å². The largest absolute Gasteiger partial charge is 0.497 e. The number of nitrogens with zero attached hydrogens (tertiary/aromatic N) is 3. The Hall–Kier alpha value is -2.44. The molecule has 2 heterocycles. The number of hydrogen-bond acceptors (Lipinski definition) is 3. The summed E-state index contributed by atoms with van der Waals surface area (Å²) in [4.78, 5) is 17.8. The van der Waals surface area contributed by atoms with Gasteiger partial charge in [-0.15, -0.1) is 0 Å². The first-order valence-corrected chi connectivity index (χ1v) is 8.22. The predicted octanol–water partition coefficient (Wildman–Crippen LogP) is 3.09. The van der Waals surface area contributed by atoms with Crippen molar-refractivity contribution >= 4 is 5.91 Å². The number of alkyl halides is 2. The Morgan fingerprint density at radius 1 is 1.32 bits per heavy atom. The first-order chi connectivity index (χ1) is 11.9. The summed E-state index contributed by atoms with van der Waals surface area (Å²) in [5, 5.41) is 0. The van der Waals surface area contributed by atoms with Gasteiger partial charge in [0, 0.05) is 31.0 Å². The third-order valence-electron chi connectivity index (χ3n) is 4.83.